The molecule has 2 aromatic rings. The molecule has 2 heterocycles. The molecule has 1 aliphatic rings. The summed E-state index contributed by atoms with van der Waals surface area (Å²) in [4.78, 5) is 26.0. The van der Waals surface area contributed by atoms with Crippen molar-refractivity contribution in [2.75, 3.05) is 26.2 Å². The van der Waals surface area contributed by atoms with Gasteiger partial charge in [-0.25, -0.2) is 13.2 Å². The van der Waals surface area contributed by atoms with Gasteiger partial charge >= 0.3 is 5.69 Å². The fourth-order valence-electron chi connectivity index (χ4n) is 3.11. The van der Waals surface area contributed by atoms with E-state index in [2.05, 4.69) is 15.9 Å². The average molecular weight is 492 g/mol. The molecule has 0 spiro atoms. The first kappa shape index (κ1) is 21.3. The van der Waals surface area contributed by atoms with Gasteiger partial charge in [0.2, 0.25) is 10.0 Å². The Labute approximate surface area is 176 Å². The van der Waals surface area contributed by atoms with E-state index in [-0.39, 0.29) is 21.2 Å². The van der Waals surface area contributed by atoms with E-state index < -0.39 is 10.0 Å². The Hall–Kier alpha value is -1.46. The molecule has 0 unspecified atom stereocenters. The molecule has 0 amide bonds. The van der Waals surface area contributed by atoms with Crippen molar-refractivity contribution in [2.24, 2.45) is 14.1 Å². The van der Waals surface area contributed by atoms with Crippen LogP contribution in [-0.4, -0.2) is 52.9 Å². The van der Waals surface area contributed by atoms with Crippen molar-refractivity contribution < 1.29 is 8.42 Å². The van der Waals surface area contributed by atoms with Gasteiger partial charge in [-0.05, 0) is 18.2 Å². The highest BCUT2D eigenvalue weighted by Gasteiger charge is 2.30. The molecule has 0 saturated carbocycles. The number of aromatic nitrogens is 2. The lowest BCUT2D eigenvalue weighted by atomic mass is 10.3. The Bertz CT molecular complexity index is 1120. The maximum atomic E-state index is 12.9. The van der Waals surface area contributed by atoms with Gasteiger partial charge in [0, 0.05) is 63.1 Å². The van der Waals surface area contributed by atoms with Crippen molar-refractivity contribution in [3.05, 3.63) is 60.3 Å². The fourth-order valence-corrected chi connectivity index (χ4v) is 5.54. The standard InChI is InChI=1S/C17H20BrClN4O4S/c1-20-13(10-16(24)21(2)17(20)25)11-22-5-7-23(8-6-22)28(26,27)15-4-3-12(18)9-14(15)19/h3-4,9-10H,5-8,11H2,1-2H3. The summed E-state index contributed by atoms with van der Waals surface area (Å²) in [7, 11) is -0.633. The first-order chi connectivity index (χ1) is 13.1. The molecule has 1 fully saturated rings. The summed E-state index contributed by atoms with van der Waals surface area (Å²) in [6.07, 6.45) is 0. The van der Waals surface area contributed by atoms with E-state index in [1.54, 1.807) is 19.2 Å². The highest BCUT2D eigenvalue weighted by atomic mass is 79.9. The molecule has 0 atom stereocenters. The SMILES string of the molecule is Cn1c(CN2CCN(S(=O)(=O)c3ccc(Br)cc3Cl)CC2)cc(=O)n(C)c1=O. The smallest absolute Gasteiger partial charge is 0.299 e. The fraction of sp³-hybridized carbons (Fsp3) is 0.412. The van der Waals surface area contributed by atoms with Gasteiger partial charge in [-0.1, -0.05) is 27.5 Å². The predicted molar refractivity (Wildman–Crippen MR) is 110 cm³/mol. The summed E-state index contributed by atoms with van der Waals surface area (Å²) in [5.74, 6) is 0. The molecule has 8 nitrogen and oxygen atoms in total. The van der Waals surface area contributed by atoms with Gasteiger partial charge in [0.05, 0.1) is 5.02 Å². The summed E-state index contributed by atoms with van der Waals surface area (Å²) in [5, 5.41) is 0.173. The van der Waals surface area contributed by atoms with E-state index in [1.807, 2.05) is 4.90 Å². The zero-order chi connectivity index (χ0) is 20.6. The molecule has 28 heavy (non-hydrogen) atoms. The molecule has 1 aliphatic heterocycles. The van der Waals surface area contributed by atoms with E-state index in [9.17, 15) is 18.0 Å². The Morgan fingerprint density at radius 1 is 1.04 bits per heavy atom. The van der Waals surface area contributed by atoms with Crippen LogP contribution < -0.4 is 11.2 Å². The number of sulfonamides is 1. The zero-order valence-corrected chi connectivity index (χ0v) is 18.6. The molecule has 0 aliphatic carbocycles. The Morgan fingerprint density at radius 3 is 2.29 bits per heavy atom. The Balaban J connectivity index is 1.73. The second kappa shape index (κ2) is 8.11. The Kier molecular flexibility index (Phi) is 6.16. The lowest BCUT2D eigenvalue weighted by Crippen LogP contribution is -2.49. The van der Waals surface area contributed by atoms with Gasteiger partial charge in [-0.2, -0.15) is 4.31 Å². The largest absolute Gasteiger partial charge is 0.330 e. The van der Waals surface area contributed by atoms with E-state index in [0.717, 1.165) is 4.57 Å². The summed E-state index contributed by atoms with van der Waals surface area (Å²) < 4.78 is 30.4. The quantitative estimate of drug-likeness (QED) is 0.637. The molecule has 0 radical (unpaired) electrons. The summed E-state index contributed by atoms with van der Waals surface area (Å²) in [5.41, 5.74) is -0.141. The maximum absolute atomic E-state index is 12.9. The number of hydrogen-bond acceptors (Lipinski definition) is 5. The second-order valence-corrected chi connectivity index (χ2v) is 9.86. The van der Waals surface area contributed by atoms with Crippen LogP contribution in [0.15, 0.2) is 43.2 Å². The monoisotopic (exact) mass is 490 g/mol. The van der Waals surface area contributed by atoms with Crippen LogP contribution in [0.2, 0.25) is 5.02 Å². The highest BCUT2D eigenvalue weighted by Crippen LogP contribution is 2.28. The van der Waals surface area contributed by atoms with Crippen molar-refractivity contribution in [1.82, 2.24) is 18.3 Å². The minimum atomic E-state index is -3.69. The van der Waals surface area contributed by atoms with Crippen LogP contribution in [0.5, 0.6) is 0 Å². The van der Waals surface area contributed by atoms with Crippen molar-refractivity contribution in [3.8, 4) is 0 Å². The second-order valence-electron chi connectivity index (χ2n) is 6.63. The number of piperazine rings is 1. The van der Waals surface area contributed by atoms with E-state index in [1.165, 1.54) is 28.1 Å². The summed E-state index contributed by atoms with van der Waals surface area (Å²) in [6, 6.07) is 6.13. The number of halogens is 2. The van der Waals surface area contributed by atoms with Crippen LogP contribution in [0.3, 0.4) is 0 Å². The number of nitrogens with zero attached hydrogens (tertiary/aromatic N) is 4. The molecule has 11 heteroatoms. The topological polar surface area (TPSA) is 84.6 Å². The van der Waals surface area contributed by atoms with Crippen LogP contribution in [0.1, 0.15) is 5.69 Å². The maximum Gasteiger partial charge on any atom is 0.330 e. The van der Waals surface area contributed by atoms with Crippen LogP contribution in [0, 0.1) is 0 Å². The Morgan fingerprint density at radius 2 is 1.68 bits per heavy atom. The molecule has 1 aromatic carbocycles. The van der Waals surface area contributed by atoms with Gasteiger partial charge in [0.25, 0.3) is 5.56 Å². The van der Waals surface area contributed by atoms with Crippen LogP contribution in [0.4, 0.5) is 0 Å². The molecular formula is C17H20BrClN4O4S. The van der Waals surface area contributed by atoms with Crippen molar-refractivity contribution >= 4 is 37.6 Å². The third-order valence-electron chi connectivity index (χ3n) is 4.85. The minimum Gasteiger partial charge on any atom is -0.299 e. The van der Waals surface area contributed by atoms with Gasteiger partial charge < -0.3 is 0 Å². The minimum absolute atomic E-state index is 0.0831. The highest BCUT2D eigenvalue weighted by molar-refractivity contribution is 9.10. The molecular weight excluding hydrogens is 472 g/mol. The zero-order valence-electron chi connectivity index (χ0n) is 15.4. The summed E-state index contributed by atoms with van der Waals surface area (Å²) >= 11 is 9.39. The van der Waals surface area contributed by atoms with E-state index >= 15 is 0 Å². The van der Waals surface area contributed by atoms with Crippen LogP contribution in [0.25, 0.3) is 0 Å². The van der Waals surface area contributed by atoms with Crippen molar-refractivity contribution in [2.45, 2.75) is 11.4 Å². The molecule has 1 aromatic heterocycles. The molecule has 3 rings (SSSR count). The van der Waals surface area contributed by atoms with Gasteiger partial charge in [0.15, 0.2) is 0 Å². The van der Waals surface area contributed by atoms with Crippen LogP contribution in [-0.2, 0) is 30.7 Å². The van der Waals surface area contributed by atoms with Gasteiger partial charge in [0.1, 0.15) is 4.90 Å². The number of hydrogen-bond donors (Lipinski definition) is 0. The average Bonchev–Trinajstić information content (AvgIpc) is 2.64. The van der Waals surface area contributed by atoms with Gasteiger partial charge in [-0.3, -0.25) is 18.8 Å². The molecule has 0 bridgehead atoms. The van der Waals surface area contributed by atoms with Gasteiger partial charge in [-0.15, -0.1) is 0 Å². The lowest BCUT2D eigenvalue weighted by Gasteiger charge is -2.34. The molecule has 152 valence electrons. The lowest BCUT2D eigenvalue weighted by molar-refractivity contribution is 0.177. The normalized spacial score (nSPS) is 16.4. The number of benzene rings is 1. The molecule has 1 saturated heterocycles. The van der Waals surface area contributed by atoms with Crippen molar-refractivity contribution in [3.63, 3.8) is 0 Å². The van der Waals surface area contributed by atoms with Crippen LogP contribution >= 0.6 is 27.5 Å². The third kappa shape index (κ3) is 4.11. The van der Waals surface area contributed by atoms with E-state index in [0.29, 0.717) is 42.9 Å². The first-order valence-corrected chi connectivity index (χ1v) is 11.2. The number of rotatable bonds is 4. The summed E-state index contributed by atoms with van der Waals surface area (Å²) in [6.45, 7) is 1.96. The predicted octanol–water partition coefficient (Wildman–Crippen LogP) is 1.01. The van der Waals surface area contributed by atoms with E-state index in [4.69, 9.17) is 11.6 Å². The third-order valence-corrected chi connectivity index (χ3v) is 7.73. The first-order valence-electron chi connectivity index (χ1n) is 8.55. The van der Waals surface area contributed by atoms with Crippen molar-refractivity contribution in [1.29, 1.82) is 0 Å². The molecule has 0 N–H and O–H groups in total.